The maximum atomic E-state index is 10.8. The maximum absolute atomic E-state index is 10.8. The summed E-state index contributed by atoms with van der Waals surface area (Å²) in [6.07, 6.45) is 5.08. The molecule has 0 aromatic carbocycles. The fraction of sp³-hybridized carbons (Fsp3) is 0.143. The van der Waals surface area contributed by atoms with Crippen molar-refractivity contribution in [1.82, 2.24) is 0 Å². The normalized spacial score (nSPS) is 22.0. The largest absolute Gasteiger partial charge is 0.289 e. The van der Waals surface area contributed by atoms with E-state index < -0.39 is 0 Å². The Balaban J connectivity index is 2.52. The fourth-order valence-corrected chi connectivity index (χ4v) is 1.03. The van der Waals surface area contributed by atoms with Gasteiger partial charge in [0.25, 0.3) is 0 Å². The number of carbonyl (C=O) groups excluding carboxylic acids is 1. The number of ketones is 1. The molecule has 0 N–H and O–H groups in total. The van der Waals surface area contributed by atoms with Gasteiger partial charge < -0.3 is 0 Å². The summed E-state index contributed by atoms with van der Waals surface area (Å²) in [5.41, 5.74) is 1.86. The molecule has 2 rings (SSSR count). The van der Waals surface area contributed by atoms with Crippen molar-refractivity contribution in [2.24, 2.45) is 4.99 Å². The summed E-state index contributed by atoms with van der Waals surface area (Å²) in [7, 11) is 0. The molecule has 0 bridgehead atoms. The molecule has 2 aliphatic rings. The first kappa shape index (κ1) is 4.68. The zero-order valence-electron chi connectivity index (χ0n) is 4.79. The van der Waals surface area contributed by atoms with Crippen LogP contribution >= 0.6 is 0 Å². The molecule has 1 heterocycles. The number of hydrogen-bond acceptors (Lipinski definition) is 2. The van der Waals surface area contributed by atoms with E-state index in [0.29, 0.717) is 6.54 Å². The van der Waals surface area contributed by atoms with Gasteiger partial charge in [0.15, 0.2) is 5.78 Å². The van der Waals surface area contributed by atoms with Gasteiger partial charge in [0.2, 0.25) is 0 Å². The minimum Gasteiger partial charge on any atom is -0.289 e. The minimum atomic E-state index is 0.103. The van der Waals surface area contributed by atoms with Crippen molar-refractivity contribution >= 4 is 12.0 Å². The van der Waals surface area contributed by atoms with Crippen LogP contribution < -0.4 is 0 Å². The van der Waals surface area contributed by atoms with Gasteiger partial charge in [-0.2, -0.15) is 0 Å². The summed E-state index contributed by atoms with van der Waals surface area (Å²) >= 11 is 0. The zero-order chi connectivity index (χ0) is 6.27. The van der Waals surface area contributed by atoms with Gasteiger partial charge in [0.1, 0.15) is 0 Å². The van der Waals surface area contributed by atoms with Crippen LogP contribution in [0.2, 0.25) is 0 Å². The average Bonchev–Trinajstić information content (AvgIpc) is 2.35. The van der Waals surface area contributed by atoms with Crippen molar-refractivity contribution in [3.8, 4) is 0 Å². The number of allylic oxidation sites excluding steroid dienone is 2. The topological polar surface area (TPSA) is 29.4 Å². The van der Waals surface area contributed by atoms with Crippen LogP contribution in [0.15, 0.2) is 28.3 Å². The third-order valence-corrected chi connectivity index (χ3v) is 1.53. The van der Waals surface area contributed by atoms with E-state index >= 15 is 0 Å². The zero-order valence-corrected chi connectivity index (χ0v) is 4.79. The second-order valence-corrected chi connectivity index (χ2v) is 2.11. The SMILES string of the molecule is O=C1C=CC2=C1C=NC2. The average molecular weight is 119 g/mol. The number of hydrogen-bond donors (Lipinski definition) is 0. The smallest absolute Gasteiger partial charge is 0.187 e. The van der Waals surface area contributed by atoms with E-state index in [2.05, 4.69) is 4.99 Å². The van der Waals surface area contributed by atoms with Gasteiger partial charge in [-0.25, -0.2) is 0 Å². The Bertz CT molecular complexity index is 258. The Morgan fingerprint density at radius 3 is 3.11 bits per heavy atom. The lowest BCUT2D eigenvalue weighted by atomic mass is 10.2. The van der Waals surface area contributed by atoms with Crippen molar-refractivity contribution < 1.29 is 4.79 Å². The van der Waals surface area contributed by atoms with Gasteiger partial charge in [-0.1, -0.05) is 6.08 Å². The van der Waals surface area contributed by atoms with Crippen LogP contribution in [-0.2, 0) is 4.79 Å². The predicted molar refractivity (Wildman–Crippen MR) is 34.5 cm³/mol. The number of aliphatic imine (C=N–C) groups is 1. The summed E-state index contributed by atoms with van der Waals surface area (Å²) in [5, 5.41) is 0. The third kappa shape index (κ3) is 0.499. The van der Waals surface area contributed by atoms with Gasteiger partial charge in [-0.3, -0.25) is 9.79 Å². The van der Waals surface area contributed by atoms with Crippen LogP contribution in [0.25, 0.3) is 0 Å². The van der Waals surface area contributed by atoms with Gasteiger partial charge in [-0.05, 0) is 11.6 Å². The Morgan fingerprint density at radius 1 is 1.44 bits per heavy atom. The molecule has 0 unspecified atom stereocenters. The molecule has 1 aliphatic heterocycles. The molecule has 44 valence electrons. The van der Waals surface area contributed by atoms with Crippen LogP contribution in [0, 0.1) is 0 Å². The van der Waals surface area contributed by atoms with Crippen LogP contribution in [0.1, 0.15) is 0 Å². The molecule has 1 aliphatic carbocycles. The first-order valence-corrected chi connectivity index (χ1v) is 2.83. The molecule has 0 amide bonds. The van der Waals surface area contributed by atoms with E-state index in [-0.39, 0.29) is 5.78 Å². The van der Waals surface area contributed by atoms with Gasteiger partial charge in [-0.15, -0.1) is 0 Å². The Labute approximate surface area is 52.6 Å². The highest BCUT2D eigenvalue weighted by Gasteiger charge is 2.18. The molecule has 0 atom stereocenters. The monoisotopic (exact) mass is 119 g/mol. The molecule has 0 spiro atoms. The summed E-state index contributed by atoms with van der Waals surface area (Å²) in [6.45, 7) is 0.692. The summed E-state index contributed by atoms with van der Waals surface area (Å²) in [6, 6.07) is 0. The second kappa shape index (κ2) is 1.41. The van der Waals surface area contributed by atoms with Gasteiger partial charge in [0, 0.05) is 11.8 Å². The second-order valence-electron chi connectivity index (χ2n) is 2.11. The number of rotatable bonds is 0. The molecule has 0 saturated carbocycles. The molecular formula is C7H5NO. The van der Waals surface area contributed by atoms with Crippen molar-refractivity contribution in [2.75, 3.05) is 6.54 Å². The molecule has 0 saturated heterocycles. The summed E-state index contributed by atoms with van der Waals surface area (Å²) < 4.78 is 0. The minimum absolute atomic E-state index is 0.103. The van der Waals surface area contributed by atoms with E-state index in [4.69, 9.17) is 0 Å². The Kier molecular flexibility index (Phi) is 0.730. The lowest BCUT2D eigenvalue weighted by molar-refractivity contribution is -0.110. The molecule has 9 heavy (non-hydrogen) atoms. The molecular weight excluding hydrogens is 114 g/mol. The van der Waals surface area contributed by atoms with E-state index in [9.17, 15) is 4.79 Å². The highest BCUT2D eigenvalue weighted by molar-refractivity contribution is 6.22. The van der Waals surface area contributed by atoms with Crippen LogP contribution in [0.3, 0.4) is 0 Å². The van der Waals surface area contributed by atoms with Crippen molar-refractivity contribution in [1.29, 1.82) is 0 Å². The number of nitrogens with zero attached hydrogens (tertiary/aromatic N) is 1. The van der Waals surface area contributed by atoms with E-state index in [1.807, 2.05) is 6.08 Å². The molecule has 0 aromatic rings. The summed E-state index contributed by atoms with van der Waals surface area (Å²) in [5.74, 6) is 0.103. The molecule has 2 heteroatoms. The predicted octanol–water partition coefficient (Wildman–Crippen LogP) is 0.506. The number of carbonyl (C=O) groups is 1. The Morgan fingerprint density at radius 2 is 2.33 bits per heavy atom. The van der Waals surface area contributed by atoms with E-state index in [0.717, 1.165) is 11.1 Å². The molecule has 0 radical (unpaired) electrons. The first-order valence-electron chi connectivity index (χ1n) is 2.83. The van der Waals surface area contributed by atoms with Crippen LogP contribution in [0.5, 0.6) is 0 Å². The summed E-state index contributed by atoms with van der Waals surface area (Å²) in [4.78, 5) is 14.8. The fourth-order valence-electron chi connectivity index (χ4n) is 1.03. The molecule has 0 fully saturated rings. The standard InChI is InChI=1S/C7H5NO/c9-7-2-1-5-3-8-4-6(5)7/h1-2,4H,3H2. The van der Waals surface area contributed by atoms with Crippen LogP contribution in [-0.4, -0.2) is 18.5 Å². The lowest BCUT2D eigenvalue weighted by Crippen LogP contribution is -1.93. The first-order chi connectivity index (χ1) is 4.38. The Hall–Kier alpha value is -1.18. The highest BCUT2D eigenvalue weighted by Crippen LogP contribution is 2.18. The van der Waals surface area contributed by atoms with Gasteiger partial charge in [0.05, 0.1) is 6.54 Å². The van der Waals surface area contributed by atoms with Gasteiger partial charge >= 0.3 is 0 Å². The third-order valence-electron chi connectivity index (χ3n) is 1.53. The maximum Gasteiger partial charge on any atom is 0.187 e. The molecule has 0 aromatic heterocycles. The van der Waals surface area contributed by atoms with Crippen molar-refractivity contribution in [2.45, 2.75) is 0 Å². The van der Waals surface area contributed by atoms with Crippen molar-refractivity contribution in [3.63, 3.8) is 0 Å². The molecule has 2 nitrogen and oxygen atoms in total. The van der Waals surface area contributed by atoms with E-state index in [1.54, 1.807) is 12.3 Å². The van der Waals surface area contributed by atoms with Crippen LogP contribution in [0.4, 0.5) is 0 Å². The highest BCUT2D eigenvalue weighted by atomic mass is 16.1. The quantitative estimate of drug-likeness (QED) is 0.456. The lowest BCUT2D eigenvalue weighted by Gasteiger charge is -1.83. The van der Waals surface area contributed by atoms with E-state index in [1.165, 1.54) is 0 Å². The van der Waals surface area contributed by atoms with Crippen molar-refractivity contribution in [3.05, 3.63) is 23.3 Å².